The van der Waals surface area contributed by atoms with Crippen molar-refractivity contribution in [3.05, 3.63) is 18.2 Å². The van der Waals surface area contributed by atoms with E-state index in [-0.39, 0.29) is 36.2 Å². The topological polar surface area (TPSA) is 84.7 Å². The second-order valence-corrected chi connectivity index (χ2v) is 6.23. The van der Waals surface area contributed by atoms with Crippen LogP contribution in [-0.2, 0) is 9.59 Å². The van der Waals surface area contributed by atoms with Crippen molar-refractivity contribution >= 4 is 35.6 Å². The number of amides is 2. The summed E-state index contributed by atoms with van der Waals surface area (Å²) >= 11 is 0. The molecule has 0 spiro atoms. The van der Waals surface area contributed by atoms with Gasteiger partial charge in [0.25, 0.3) is 0 Å². The Morgan fingerprint density at radius 1 is 1.33 bits per heavy atom. The predicted octanol–water partition coefficient (Wildman–Crippen LogP) is 2.31. The molecule has 1 saturated heterocycles. The molecule has 24 heavy (non-hydrogen) atoms. The minimum atomic E-state index is -0.124. The van der Waals surface area contributed by atoms with Gasteiger partial charge in [-0.05, 0) is 31.4 Å². The van der Waals surface area contributed by atoms with Crippen LogP contribution in [0.15, 0.2) is 18.2 Å². The highest BCUT2D eigenvalue weighted by molar-refractivity contribution is 5.98. The zero-order valence-corrected chi connectivity index (χ0v) is 14.6. The lowest BCUT2D eigenvalue weighted by Crippen LogP contribution is -2.34. The molecule has 1 heterocycles. The lowest BCUT2D eigenvalue weighted by molar-refractivity contribution is -0.120. The molecule has 2 amide bonds. The molecule has 3 N–H and O–H groups in total. The summed E-state index contributed by atoms with van der Waals surface area (Å²) in [5, 5.41) is 2.92. The minimum absolute atomic E-state index is 0. The summed E-state index contributed by atoms with van der Waals surface area (Å²) in [6.07, 6.45) is 4.17. The second-order valence-electron chi connectivity index (χ2n) is 6.23. The number of ether oxygens (including phenoxy) is 1. The fraction of sp³-hybridized carbons (Fsp3) is 0.529. The van der Waals surface area contributed by atoms with Crippen molar-refractivity contribution in [1.29, 1.82) is 0 Å². The quantitative estimate of drug-likeness (QED) is 0.869. The summed E-state index contributed by atoms with van der Waals surface area (Å²) < 4.78 is 5.41. The summed E-state index contributed by atoms with van der Waals surface area (Å²) in [5.41, 5.74) is 7.41. The van der Waals surface area contributed by atoms with Crippen molar-refractivity contribution in [3.8, 4) is 5.75 Å². The van der Waals surface area contributed by atoms with E-state index in [2.05, 4.69) is 5.32 Å². The maximum atomic E-state index is 12.3. The van der Waals surface area contributed by atoms with Crippen LogP contribution in [0.4, 0.5) is 11.4 Å². The van der Waals surface area contributed by atoms with Crippen molar-refractivity contribution in [2.75, 3.05) is 23.9 Å². The highest BCUT2D eigenvalue weighted by atomic mass is 35.5. The van der Waals surface area contributed by atoms with Crippen LogP contribution in [0.1, 0.15) is 32.1 Å². The maximum absolute atomic E-state index is 12.3. The van der Waals surface area contributed by atoms with Crippen LogP contribution in [-0.4, -0.2) is 31.5 Å². The molecule has 1 aromatic carbocycles. The Hall–Kier alpha value is -1.79. The lowest BCUT2D eigenvalue weighted by Gasteiger charge is -2.20. The number of carbonyl (C=O) groups excluding carboxylic acids is 2. The summed E-state index contributed by atoms with van der Waals surface area (Å²) in [5.74, 6) is 0.536. The average Bonchev–Trinajstić information content (AvgIpc) is 3.15. The van der Waals surface area contributed by atoms with Crippen molar-refractivity contribution in [3.63, 3.8) is 0 Å². The summed E-state index contributed by atoms with van der Waals surface area (Å²) in [6, 6.07) is 5.34. The predicted molar refractivity (Wildman–Crippen MR) is 95.8 cm³/mol. The molecule has 1 aromatic rings. The fourth-order valence-electron chi connectivity index (χ4n) is 3.43. The average molecular weight is 354 g/mol. The number of methoxy groups -OCH3 is 1. The molecule has 3 rings (SSSR count). The summed E-state index contributed by atoms with van der Waals surface area (Å²) in [4.78, 5) is 26.0. The van der Waals surface area contributed by atoms with E-state index in [1.807, 2.05) is 12.1 Å². The Labute approximate surface area is 148 Å². The Bertz CT molecular complexity index is 623. The highest BCUT2D eigenvalue weighted by Gasteiger charge is 2.30. The Balaban J connectivity index is 0.00000208. The number of anilines is 2. The van der Waals surface area contributed by atoms with Crippen LogP contribution in [0.3, 0.4) is 0 Å². The third-order valence-electron chi connectivity index (χ3n) is 4.72. The maximum Gasteiger partial charge on any atom is 0.229 e. The van der Waals surface area contributed by atoms with E-state index in [4.69, 9.17) is 10.5 Å². The molecular formula is C17H24ClN3O3. The van der Waals surface area contributed by atoms with Gasteiger partial charge in [0.1, 0.15) is 5.75 Å². The number of hydrogen-bond acceptors (Lipinski definition) is 4. The molecule has 1 saturated carbocycles. The number of nitrogens with one attached hydrogen (secondary N) is 1. The number of nitrogens with zero attached hydrogens (tertiary/aromatic N) is 1. The van der Waals surface area contributed by atoms with Crippen molar-refractivity contribution < 1.29 is 14.3 Å². The van der Waals surface area contributed by atoms with Gasteiger partial charge in [-0.3, -0.25) is 9.59 Å². The molecule has 0 aromatic heterocycles. The van der Waals surface area contributed by atoms with E-state index in [1.165, 1.54) is 0 Å². The third kappa shape index (κ3) is 3.65. The van der Waals surface area contributed by atoms with E-state index in [9.17, 15) is 9.59 Å². The molecule has 1 aliphatic heterocycles. The lowest BCUT2D eigenvalue weighted by atomic mass is 10.0. The monoisotopic (exact) mass is 353 g/mol. The van der Waals surface area contributed by atoms with Gasteiger partial charge in [-0.2, -0.15) is 0 Å². The second kappa shape index (κ2) is 7.85. The van der Waals surface area contributed by atoms with E-state index in [0.29, 0.717) is 24.4 Å². The van der Waals surface area contributed by atoms with Crippen LogP contribution in [0.25, 0.3) is 0 Å². The molecule has 2 fully saturated rings. The Morgan fingerprint density at radius 2 is 2.12 bits per heavy atom. The van der Waals surface area contributed by atoms with Crippen LogP contribution in [0, 0.1) is 5.92 Å². The van der Waals surface area contributed by atoms with Gasteiger partial charge in [-0.15, -0.1) is 12.4 Å². The molecule has 7 heteroatoms. The van der Waals surface area contributed by atoms with Gasteiger partial charge in [0.15, 0.2) is 0 Å². The van der Waals surface area contributed by atoms with Gasteiger partial charge in [-0.1, -0.05) is 6.42 Å². The first-order valence-electron chi connectivity index (χ1n) is 8.15. The van der Waals surface area contributed by atoms with E-state index in [1.54, 1.807) is 18.1 Å². The Morgan fingerprint density at radius 3 is 2.71 bits per heavy atom. The number of benzene rings is 1. The molecule has 2 atom stereocenters. The zero-order chi connectivity index (χ0) is 16.4. The van der Waals surface area contributed by atoms with Crippen LogP contribution in [0.2, 0.25) is 0 Å². The SMILES string of the molecule is COc1cc(NC(=O)C2CCCC2N)ccc1N1CCCC1=O.Cl. The minimum Gasteiger partial charge on any atom is -0.494 e. The molecule has 2 aliphatic rings. The largest absolute Gasteiger partial charge is 0.494 e. The zero-order valence-electron chi connectivity index (χ0n) is 13.8. The normalized spacial score (nSPS) is 23.1. The first-order chi connectivity index (χ1) is 11.1. The number of carbonyl (C=O) groups is 2. The number of halogens is 1. The van der Waals surface area contributed by atoms with E-state index >= 15 is 0 Å². The van der Waals surface area contributed by atoms with Crippen LogP contribution >= 0.6 is 12.4 Å². The molecule has 132 valence electrons. The summed E-state index contributed by atoms with van der Waals surface area (Å²) in [6.45, 7) is 0.706. The number of rotatable bonds is 4. The Kier molecular flexibility index (Phi) is 6.07. The van der Waals surface area contributed by atoms with Gasteiger partial charge < -0.3 is 20.7 Å². The molecule has 1 aliphatic carbocycles. The van der Waals surface area contributed by atoms with Crippen molar-refractivity contribution in [2.45, 2.75) is 38.1 Å². The van der Waals surface area contributed by atoms with Gasteiger partial charge >= 0.3 is 0 Å². The van der Waals surface area contributed by atoms with E-state index < -0.39 is 0 Å². The molecule has 0 radical (unpaired) electrons. The van der Waals surface area contributed by atoms with Gasteiger partial charge in [0.05, 0.1) is 18.7 Å². The smallest absolute Gasteiger partial charge is 0.229 e. The molecule has 6 nitrogen and oxygen atoms in total. The number of nitrogens with two attached hydrogens (primary N) is 1. The first kappa shape index (κ1) is 18.5. The highest BCUT2D eigenvalue weighted by Crippen LogP contribution is 2.34. The van der Waals surface area contributed by atoms with Gasteiger partial charge in [-0.25, -0.2) is 0 Å². The van der Waals surface area contributed by atoms with Crippen LogP contribution in [0.5, 0.6) is 5.75 Å². The van der Waals surface area contributed by atoms with Crippen molar-refractivity contribution in [2.24, 2.45) is 11.7 Å². The van der Waals surface area contributed by atoms with Gasteiger partial charge in [0, 0.05) is 30.8 Å². The fourth-order valence-corrected chi connectivity index (χ4v) is 3.43. The summed E-state index contributed by atoms with van der Waals surface area (Å²) in [7, 11) is 1.57. The van der Waals surface area contributed by atoms with Crippen LogP contribution < -0.4 is 20.7 Å². The van der Waals surface area contributed by atoms with E-state index in [0.717, 1.165) is 31.4 Å². The molecule has 0 bridgehead atoms. The molecular weight excluding hydrogens is 330 g/mol. The third-order valence-corrected chi connectivity index (χ3v) is 4.72. The first-order valence-corrected chi connectivity index (χ1v) is 8.15. The van der Waals surface area contributed by atoms with Gasteiger partial charge in [0.2, 0.25) is 11.8 Å². The van der Waals surface area contributed by atoms with Crippen molar-refractivity contribution in [1.82, 2.24) is 0 Å². The molecule has 2 unspecified atom stereocenters. The number of hydrogen-bond donors (Lipinski definition) is 2. The standard InChI is InChI=1S/C17H23N3O3.ClH/c1-23-15-10-11(19-17(22)12-4-2-5-13(12)18)7-8-14(15)20-9-3-6-16(20)21;/h7-8,10,12-13H,2-6,9,18H2,1H3,(H,19,22);1H.